The van der Waals surface area contributed by atoms with Crippen LogP contribution in [-0.2, 0) is 20.9 Å². The van der Waals surface area contributed by atoms with Gasteiger partial charge in [0.2, 0.25) is 5.91 Å². The largest absolute Gasteiger partial charge is 0.368 e. The van der Waals surface area contributed by atoms with Crippen LogP contribution in [0.15, 0.2) is 22.9 Å². The maximum atomic E-state index is 12.6. The molecule has 0 aromatic carbocycles. The summed E-state index contributed by atoms with van der Waals surface area (Å²) in [4.78, 5) is 32.5. The second-order valence-electron chi connectivity index (χ2n) is 6.16. The van der Waals surface area contributed by atoms with Crippen LogP contribution in [0.5, 0.6) is 0 Å². The first kappa shape index (κ1) is 18.0. The number of thiophene rings is 1. The fraction of sp³-hybridized carbons (Fsp3) is 0.471. The number of carbonyl (C=O) groups excluding carboxylic acids is 2. The third-order valence-corrected chi connectivity index (χ3v) is 7.34. The molecule has 2 aliphatic heterocycles. The number of nitrogens with zero attached hydrogens (tertiary/aromatic N) is 2. The van der Waals surface area contributed by atoms with Crippen LogP contribution in [0.2, 0.25) is 0 Å². The van der Waals surface area contributed by atoms with Gasteiger partial charge in [-0.25, -0.2) is 4.98 Å². The van der Waals surface area contributed by atoms with E-state index in [0.29, 0.717) is 24.8 Å². The molecule has 2 amide bonds. The first-order valence-corrected chi connectivity index (χ1v) is 11.4. The van der Waals surface area contributed by atoms with Crippen molar-refractivity contribution in [2.75, 3.05) is 18.2 Å². The molecule has 4 rings (SSSR count). The molecule has 4 heterocycles. The first-order valence-electron chi connectivity index (χ1n) is 8.48. The average molecular weight is 410 g/mol. The lowest BCUT2D eigenvalue weighted by molar-refractivity contribution is -0.145. The van der Waals surface area contributed by atoms with E-state index in [1.165, 1.54) is 0 Å². The molecule has 138 valence electrons. The molecule has 6 nitrogen and oxygen atoms in total. The zero-order chi connectivity index (χ0) is 17.9. The smallest absolute Gasteiger partial charge is 0.253 e. The maximum absolute atomic E-state index is 12.6. The van der Waals surface area contributed by atoms with Crippen LogP contribution in [0.25, 0.3) is 9.88 Å². The normalized spacial score (nSPS) is 22.7. The van der Waals surface area contributed by atoms with E-state index in [1.54, 1.807) is 39.3 Å². The number of hydrogen-bond acceptors (Lipinski definition) is 7. The van der Waals surface area contributed by atoms with Crippen molar-refractivity contribution in [3.8, 4) is 9.88 Å². The average Bonchev–Trinajstić information content (AvgIpc) is 3.44. The Morgan fingerprint density at radius 3 is 3.08 bits per heavy atom. The highest BCUT2D eigenvalue weighted by atomic mass is 32.2. The third kappa shape index (κ3) is 3.80. The molecule has 26 heavy (non-hydrogen) atoms. The summed E-state index contributed by atoms with van der Waals surface area (Å²) in [5.41, 5.74) is 0.842. The van der Waals surface area contributed by atoms with Crippen LogP contribution in [-0.4, -0.2) is 52.1 Å². The van der Waals surface area contributed by atoms with Gasteiger partial charge in [0.1, 0.15) is 17.2 Å². The minimum atomic E-state index is -0.424. The highest BCUT2D eigenvalue weighted by Gasteiger charge is 2.38. The summed E-state index contributed by atoms with van der Waals surface area (Å²) < 4.78 is 5.48. The predicted octanol–water partition coefficient (Wildman–Crippen LogP) is 2.57. The number of rotatable bonds is 5. The molecule has 2 aromatic rings. The van der Waals surface area contributed by atoms with E-state index in [-0.39, 0.29) is 17.9 Å². The van der Waals surface area contributed by atoms with Gasteiger partial charge in [0.05, 0.1) is 23.0 Å². The number of carbonyl (C=O) groups is 2. The van der Waals surface area contributed by atoms with Crippen molar-refractivity contribution in [2.45, 2.75) is 31.5 Å². The molecule has 0 spiro atoms. The Labute approximate surface area is 163 Å². The highest BCUT2D eigenvalue weighted by Crippen LogP contribution is 2.28. The zero-order valence-electron chi connectivity index (χ0n) is 14.1. The Bertz CT molecular complexity index is 771. The molecule has 2 fully saturated rings. The van der Waals surface area contributed by atoms with Crippen LogP contribution in [0.3, 0.4) is 0 Å². The summed E-state index contributed by atoms with van der Waals surface area (Å²) in [5.74, 6) is 1.01. The maximum Gasteiger partial charge on any atom is 0.253 e. The molecular weight excluding hydrogens is 390 g/mol. The molecule has 2 atom stereocenters. The van der Waals surface area contributed by atoms with Crippen molar-refractivity contribution in [3.63, 3.8) is 0 Å². The van der Waals surface area contributed by atoms with Crippen LogP contribution < -0.4 is 5.32 Å². The van der Waals surface area contributed by atoms with Crippen molar-refractivity contribution in [1.82, 2.24) is 15.2 Å². The van der Waals surface area contributed by atoms with Crippen molar-refractivity contribution in [1.29, 1.82) is 0 Å². The topological polar surface area (TPSA) is 71.5 Å². The van der Waals surface area contributed by atoms with E-state index in [9.17, 15) is 9.59 Å². The number of amides is 2. The molecule has 0 saturated carbocycles. The molecule has 1 N–H and O–H groups in total. The molecule has 2 aliphatic rings. The van der Waals surface area contributed by atoms with E-state index < -0.39 is 6.04 Å². The van der Waals surface area contributed by atoms with Crippen molar-refractivity contribution < 1.29 is 14.3 Å². The van der Waals surface area contributed by atoms with E-state index in [4.69, 9.17) is 4.74 Å². The molecule has 2 saturated heterocycles. The summed E-state index contributed by atoms with van der Waals surface area (Å²) in [7, 11) is 0. The summed E-state index contributed by atoms with van der Waals surface area (Å²) >= 11 is 4.83. The van der Waals surface area contributed by atoms with E-state index in [2.05, 4.69) is 10.3 Å². The molecule has 9 heteroatoms. The minimum Gasteiger partial charge on any atom is -0.368 e. The van der Waals surface area contributed by atoms with E-state index in [1.807, 2.05) is 22.9 Å². The first-order chi connectivity index (χ1) is 12.7. The molecule has 0 unspecified atom stereocenters. The van der Waals surface area contributed by atoms with Crippen LogP contribution in [0.4, 0.5) is 0 Å². The number of hydrogen-bond donors (Lipinski definition) is 1. The third-order valence-electron chi connectivity index (χ3n) is 4.40. The van der Waals surface area contributed by atoms with E-state index in [0.717, 1.165) is 28.4 Å². The SMILES string of the molecule is O=C(NCc1csc(-c2cccs2)n1)[C@H]1CSCN1C(=O)[C@@H]1CCCO1. The fourth-order valence-electron chi connectivity index (χ4n) is 3.03. The van der Waals surface area contributed by atoms with Crippen molar-refractivity contribution in [2.24, 2.45) is 0 Å². The summed E-state index contributed by atoms with van der Waals surface area (Å²) in [6, 6.07) is 3.61. The van der Waals surface area contributed by atoms with Crippen molar-refractivity contribution in [3.05, 3.63) is 28.6 Å². The second-order valence-corrected chi connectivity index (χ2v) is 8.97. The van der Waals surface area contributed by atoms with Crippen LogP contribution >= 0.6 is 34.4 Å². The van der Waals surface area contributed by atoms with Gasteiger partial charge in [-0.2, -0.15) is 0 Å². The fourth-order valence-corrected chi connectivity index (χ4v) is 5.83. The predicted molar refractivity (Wildman–Crippen MR) is 104 cm³/mol. The monoisotopic (exact) mass is 409 g/mol. The number of aromatic nitrogens is 1. The second kappa shape index (κ2) is 8.08. The van der Waals surface area contributed by atoms with Gasteiger partial charge < -0.3 is 15.0 Å². The van der Waals surface area contributed by atoms with Gasteiger partial charge in [-0.3, -0.25) is 9.59 Å². The lowest BCUT2D eigenvalue weighted by Crippen LogP contribution is -2.50. The van der Waals surface area contributed by atoms with Gasteiger partial charge in [0.15, 0.2) is 0 Å². The number of ether oxygens (including phenoxy) is 1. The Morgan fingerprint density at radius 1 is 1.38 bits per heavy atom. The van der Waals surface area contributed by atoms with Crippen LogP contribution in [0, 0.1) is 0 Å². The number of nitrogens with one attached hydrogen (secondary N) is 1. The highest BCUT2D eigenvalue weighted by molar-refractivity contribution is 7.99. The van der Waals surface area contributed by atoms with E-state index >= 15 is 0 Å². The molecular formula is C17H19N3O3S3. The summed E-state index contributed by atoms with van der Waals surface area (Å²) in [6.07, 6.45) is 1.28. The Balaban J connectivity index is 1.34. The molecule has 2 aromatic heterocycles. The zero-order valence-corrected chi connectivity index (χ0v) is 16.5. The molecule has 0 aliphatic carbocycles. The lowest BCUT2D eigenvalue weighted by atomic mass is 10.2. The summed E-state index contributed by atoms with van der Waals surface area (Å²) in [5, 5.41) is 7.89. The molecule has 0 bridgehead atoms. The Hall–Kier alpha value is -1.42. The van der Waals surface area contributed by atoms with Gasteiger partial charge in [-0.05, 0) is 24.3 Å². The Kier molecular flexibility index (Phi) is 5.58. The van der Waals surface area contributed by atoms with Gasteiger partial charge in [-0.1, -0.05) is 6.07 Å². The van der Waals surface area contributed by atoms with Gasteiger partial charge >= 0.3 is 0 Å². The van der Waals surface area contributed by atoms with Crippen molar-refractivity contribution >= 4 is 46.2 Å². The minimum absolute atomic E-state index is 0.0544. The van der Waals surface area contributed by atoms with Crippen LogP contribution in [0.1, 0.15) is 18.5 Å². The number of thioether (sulfide) groups is 1. The lowest BCUT2D eigenvalue weighted by Gasteiger charge is -2.25. The quantitative estimate of drug-likeness (QED) is 0.822. The van der Waals surface area contributed by atoms with Gasteiger partial charge in [-0.15, -0.1) is 34.4 Å². The number of thiazole rings is 1. The Morgan fingerprint density at radius 2 is 2.31 bits per heavy atom. The standard InChI is InChI=1S/C17H19N3O3S3/c21-15(12-9-24-10-20(12)17(22)13-3-1-5-23-13)18-7-11-8-26-16(19-11)14-4-2-6-25-14/h2,4,6,8,12-13H,1,3,5,7,9-10H2,(H,18,21)/t12-,13+/m1/s1. The van der Waals surface area contributed by atoms with Gasteiger partial charge in [0, 0.05) is 17.7 Å². The van der Waals surface area contributed by atoms with Gasteiger partial charge in [0.25, 0.3) is 5.91 Å². The molecule has 0 radical (unpaired) electrons. The summed E-state index contributed by atoms with van der Waals surface area (Å²) in [6.45, 7) is 1.01.